The molecule has 2 atom stereocenters. The molecule has 1 N–H and O–H groups in total. The van der Waals surface area contributed by atoms with E-state index >= 15 is 0 Å². The molecule has 0 spiro atoms. The highest BCUT2D eigenvalue weighted by molar-refractivity contribution is 5.29. The van der Waals surface area contributed by atoms with E-state index in [1.54, 1.807) is 0 Å². The first kappa shape index (κ1) is 13.3. The van der Waals surface area contributed by atoms with Gasteiger partial charge >= 0.3 is 0 Å². The molecule has 0 aromatic heterocycles. The van der Waals surface area contributed by atoms with Gasteiger partial charge in [0.2, 0.25) is 0 Å². The standard InChI is InChI=1S/C14H21NO3/c1-3-17-12-6-4-11(5-7-12)14(15-2)13-10-16-8-9-18-13/h4-7,13-15H,3,8-10H2,1-2H3. The molecule has 0 radical (unpaired) electrons. The van der Waals surface area contributed by atoms with E-state index in [-0.39, 0.29) is 12.1 Å². The van der Waals surface area contributed by atoms with Crippen LogP contribution in [0.1, 0.15) is 18.5 Å². The van der Waals surface area contributed by atoms with Crippen molar-refractivity contribution in [1.82, 2.24) is 5.32 Å². The number of nitrogens with one attached hydrogen (secondary N) is 1. The van der Waals surface area contributed by atoms with E-state index in [1.165, 1.54) is 5.56 Å². The van der Waals surface area contributed by atoms with Crippen LogP contribution in [0.4, 0.5) is 0 Å². The minimum absolute atomic E-state index is 0.0710. The zero-order valence-electron chi connectivity index (χ0n) is 11.0. The maximum Gasteiger partial charge on any atom is 0.119 e. The Kier molecular flexibility index (Phi) is 4.99. The Labute approximate surface area is 108 Å². The molecule has 2 unspecified atom stereocenters. The van der Waals surface area contributed by atoms with Gasteiger partial charge < -0.3 is 19.5 Å². The first-order chi connectivity index (χ1) is 8.85. The van der Waals surface area contributed by atoms with Crippen molar-refractivity contribution < 1.29 is 14.2 Å². The molecule has 1 aromatic carbocycles. The number of rotatable bonds is 5. The highest BCUT2D eigenvalue weighted by Crippen LogP contribution is 2.23. The molecule has 0 aliphatic carbocycles. The van der Waals surface area contributed by atoms with Crippen LogP contribution in [0.3, 0.4) is 0 Å². The molecule has 4 nitrogen and oxygen atoms in total. The minimum Gasteiger partial charge on any atom is -0.494 e. The molecule has 1 aliphatic heterocycles. The predicted molar refractivity (Wildman–Crippen MR) is 70.0 cm³/mol. The molecule has 0 bridgehead atoms. The third-order valence-corrected chi connectivity index (χ3v) is 3.07. The molecule has 100 valence electrons. The zero-order valence-corrected chi connectivity index (χ0v) is 11.0. The average Bonchev–Trinajstić information content (AvgIpc) is 2.43. The number of benzene rings is 1. The maximum atomic E-state index is 5.74. The Bertz CT molecular complexity index is 347. The van der Waals surface area contributed by atoms with Crippen molar-refractivity contribution in [2.24, 2.45) is 0 Å². The highest BCUT2D eigenvalue weighted by atomic mass is 16.6. The van der Waals surface area contributed by atoms with Crippen molar-refractivity contribution in [3.05, 3.63) is 29.8 Å². The van der Waals surface area contributed by atoms with Gasteiger partial charge in [-0.1, -0.05) is 12.1 Å². The van der Waals surface area contributed by atoms with Crippen LogP contribution in [0, 0.1) is 0 Å². The van der Waals surface area contributed by atoms with Gasteiger partial charge in [-0.25, -0.2) is 0 Å². The molecule has 0 saturated carbocycles. The lowest BCUT2D eigenvalue weighted by Crippen LogP contribution is -2.39. The van der Waals surface area contributed by atoms with Crippen LogP contribution in [0.2, 0.25) is 0 Å². The predicted octanol–water partition coefficient (Wildman–Crippen LogP) is 1.76. The summed E-state index contributed by atoms with van der Waals surface area (Å²) in [7, 11) is 1.94. The molecule has 1 fully saturated rings. The molecular formula is C14H21NO3. The van der Waals surface area contributed by atoms with Crippen LogP contribution in [0.15, 0.2) is 24.3 Å². The number of hydrogen-bond donors (Lipinski definition) is 1. The molecule has 1 saturated heterocycles. The van der Waals surface area contributed by atoms with Gasteiger partial charge in [-0.05, 0) is 31.7 Å². The van der Waals surface area contributed by atoms with Crippen molar-refractivity contribution in [1.29, 1.82) is 0 Å². The van der Waals surface area contributed by atoms with Crippen molar-refractivity contribution in [3.63, 3.8) is 0 Å². The van der Waals surface area contributed by atoms with Gasteiger partial charge in [-0.3, -0.25) is 0 Å². The molecule has 2 rings (SSSR count). The van der Waals surface area contributed by atoms with Gasteiger partial charge in [0, 0.05) is 0 Å². The summed E-state index contributed by atoms with van der Waals surface area (Å²) in [5.41, 5.74) is 1.19. The molecule has 4 heteroatoms. The number of hydrogen-bond acceptors (Lipinski definition) is 4. The van der Waals surface area contributed by atoms with Crippen LogP contribution in [0.25, 0.3) is 0 Å². The van der Waals surface area contributed by atoms with Crippen LogP contribution >= 0.6 is 0 Å². The average molecular weight is 251 g/mol. The fraction of sp³-hybridized carbons (Fsp3) is 0.571. The molecular weight excluding hydrogens is 230 g/mol. The van der Waals surface area contributed by atoms with Gasteiger partial charge in [-0.2, -0.15) is 0 Å². The zero-order chi connectivity index (χ0) is 12.8. The Morgan fingerprint density at radius 3 is 2.67 bits per heavy atom. The van der Waals surface area contributed by atoms with Gasteiger partial charge in [0.15, 0.2) is 0 Å². The van der Waals surface area contributed by atoms with Gasteiger partial charge in [0.05, 0.1) is 32.5 Å². The van der Waals surface area contributed by atoms with Crippen LogP contribution in [0.5, 0.6) is 5.75 Å². The highest BCUT2D eigenvalue weighted by Gasteiger charge is 2.25. The quantitative estimate of drug-likeness (QED) is 0.865. The van der Waals surface area contributed by atoms with Crippen molar-refractivity contribution in [2.45, 2.75) is 19.1 Å². The van der Waals surface area contributed by atoms with E-state index in [0.29, 0.717) is 26.4 Å². The van der Waals surface area contributed by atoms with E-state index in [4.69, 9.17) is 14.2 Å². The first-order valence-corrected chi connectivity index (χ1v) is 6.44. The van der Waals surface area contributed by atoms with E-state index in [9.17, 15) is 0 Å². The first-order valence-electron chi connectivity index (χ1n) is 6.44. The van der Waals surface area contributed by atoms with Crippen LogP contribution in [-0.2, 0) is 9.47 Å². The summed E-state index contributed by atoms with van der Waals surface area (Å²) in [4.78, 5) is 0. The van der Waals surface area contributed by atoms with Crippen LogP contribution < -0.4 is 10.1 Å². The summed E-state index contributed by atoms with van der Waals surface area (Å²) in [5, 5.41) is 3.29. The van der Waals surface area contributed by atoms with Crippen molar-refractivity contribution in [3.8, 4) is 5.75 Å². The SMILES string of the molecule is CCOc1ccc(C(NC)C2COCCO2)cc1. The summed E-state index contributed by atoms with van der Waals surface area (Å²) < 4.78 is 16.6. The summed E-state index contributed by atoms with van der Waals surface area (Å²) in [5.74, 6) is 0.900. The van der Waals surface area contributed by atoms with E-state index in [0.717, 1.165) is 5.75 Å². The summed E-state index contributed by atoms with van der Waals surface area (Å²) in [6.07, 6.45) is 0.0710. The number of likely N-dealkylation sites (N-methyl/N-ethyl adjacent to an activating group) is 1. The van der Waals surface area contributed by atoms with Crippen molar-refractivity contribution in [2.75, 3.05) is 33.5 Å². The van der Waals surface area contributed by atoms with E-state index in [1.807, 2.05) is 26.1 Å². The lowest BCUT2D eigenvalue weighted by atomic mass is 10.0. The lowest BCUT2D eigenvalue weighted by Gasteiger charge is -2.30. The second kappa shape index (κ2) is 6.73. The van der Waals surface area contributed by atoms with Gasteiger partial charge in [0.1, 0.15) is 11.9 Å². The lowest BCUT2D eigenvalue weighted by molar-refractivity contribution is -0.101. The van der Waals surface area contributed by atoms with Crippen LogP contribution in [-0.4, -0.2) is 39.6 Å². The molecule has 18 heavy (non-hydrogen) atoms. The smallest absolute Gasteiger partial charge is 0.119 e. The monoisotopic (exact) mass is 251 g/mol. The minimum atomic E-state index is 0.0710. The fourth-order valence-corrected chi connectivity index (χ4v) is 2.20. The third-order valence-electron chi connectivity index (χ3n) is 3.07. The Morgan fingerprint density at radius 2 is 2.11 bits per heavy atom. The Morgan fingerprint density at radius 1 is 1.33 bits per heavy atom. The molecule has 1 aromatic rings. The maximum absolute atomic E-state index is 5.74. The van der Waals surface area contributed by atoms with Gasteiger partial charge in [0.25, 0.3) is 0 Å². The fourth-order valence-electron chi connectivity index (χ4n) is 2.20. The normalized spacial score (nSPS) is 21.6. The Hall–Kier alpha value is -1.10. The van der Waals surface area contributed by atoms with Crippen molar-refractivity contribution >= 4 is 0 Å². The van der Waals surface area contributed by atoms with Gasteiger partial charge in [-0.15, -0.1) is 0 Å². The number of ether oxygens (including phenoxy) is 3. The Balaban J connectivity index is 2.06. The second-order valence-electron chi connectivity index (χ2n) is 4.25. The topological polar surface area (TPSA) is 39.7 Å². The largest absolute Gasteiger partial charge is 0.494 e. The molecule has 1 aliphatic rings. The molecule has 0 amide bonds. The second-order valence-corrected chi connectivity index (χ2v) is 4.25. The van der Waals surface area contributed by atoms with E-state index < -0.39 is 0 Å². The summed E-state index contributed by atoms with van der Waals surface area (Å²) >= 11 is 0. The third kappa shape index (κ3) is 3.22. The molecule has 1 heterocycles. The van der Waals surface area contributed by atoms with E-state index in [2.05, 4.69) is 17.4 Å². The summed E-state index contributed by atoms with van der Waals surface area (Å²) in [6, 6.07) is 8.29. The summed E-state index contributed by atoms with van der Waals surface area (Å²) in [6.45, 7) is 4.67.